The molecular formula is C11H13F2NO4. The third-order valence-electron chi connectivity index (χ3n) is 2.37. The molecule has 0 saturated heterocycles. The maximum absolute atomic E-state index is 13.9. The van der Waals surface area contributed by atoms with E-state index < -0.39 is 35.6 Å². The number of hydrogen-bond acceptors (Lipinski definition) is 4. The zero-order valence-corrected chi connectivity index (χ0v) is 9.87. The van der Waals surface area contributed by atoms with E-state index in [1.54, 1.807) is 0 Å². The van der Waals surface area contributed by atoms with Crippen molar-refractivity contribution in [3.63, 3.8) is 0 Å². The third kappa shape index (κ3) is 2.67. The van der Waals surface area contributed by atoms with Gasteiger partial charge in [-0.05, 0) is 0 Å². The molecule has 0 amide bonds. The highest BCUT2D eigenvalue weighted by atomic mass is 19.1. The highest BCUT2D eigenvalue weighted by Gasteiger charge is 2.25. The number of hydrogen-bond donors (Lipinski definition) is 2. The van der Waals surface area contributed by atoms with Crippen LogP contribution in [0.3, 0.4) is 0 Å². The van der Waals surface area contributed by atoms with Crippen LogP contribution < -0.4 is 15.2 Å². The number of aliphatic carboxylic acids is 1. The molecule has 0 aliphatic rings. The molecule has 1 aromatic rings. The van der Waals surface area contributed by atoms with Crippen LogP contribution >= 0.6 is 0 Å². The molecular weight excluding hydrogens is 248 g/mol. The van der Waals surface area contributed by atoms with Crippen LogP contribution in [-0.4, -0.2) is 25.3 Å². The molecule has 0 aliphatic heterocycles. The van der Waals surface area contributed by atoms with E-state index >= 15 is 0 Å². The summed E-state index contributed by atoms with van der Waals surface area (Å²) < 4.78 is 37.1. The number of nitrogens with two attached hydrogens (primary N) is 1. The van der Waals surface area contributed by atoms with Gasteiger partial charge >= 0.3 is 5.97 Å². The first-order valence-electron chi connectivity index (χ1n) is 4.99. The van der Waals surface area contributed by atoms with E-state index in [4.69, 9.17) is 20.3 Å². The number of rotatable bonds is 5. The summed E-state index contributed by atoms with van der Waals surface area (Å²) in [6.45, 7) is 0. The lowest BCUT2D eigenvalue weighted by atomic mass is 10.0. The van der Waals surface area contributed by atoms with Gasteiger partial charge in [-0.15, -0.1) is 0 Å². The first-order valence-corrected chi connectivity index (χ1v) is 4.99. The number of methoxy groups -OCH3 is 2. The Kier molecular flexibility index (Phi) is 4.43. The summed E-state index contributed by atoms with van der Waals surface area (Å²) in [6, 6.07) is -0.298. The molecule has 0 saturated carbocycles. The third-order valence-corrected chi connectivity index (χ3v) is 2.37. The van der Waals surface area contributed by atoms with Crippen molar-refractivity contribution in [3.8, 4) is 11.5 Å². The molecule has 0 fully saturated rings. The van der Waals surface area contributed by atoms with E-state index in [1.807, 2.05) is 0 Å². The number of carbonyl (C=O) groups is 1. The van der Waals surface area contributed by atoms with Gasteiger partial charge in [0.25, 0.3) is 0 Å². The van der Waals surface area contributed by atoms with Crippen LogP contribution in [0, 0.1) is 11.6 Å². The molecule has 0 heterocycles. The summed E-state index contributed by atoms with van der Waals surface area (Å²) in [6.07, 6.45) is -0.607. The molecule has 0 aliphatic carbocycles. The van der Waals surface area contributed by atoms with Gasteiger partial charge in [0.1, 0.15) is 0 Å². The average molecular weight is 261 g/mol. The number of carboxylic acids is 1. The van der Waals surface area contributed by atoms with Gasteiger partial charge in [0.05, 0.1) is 20.6 Å². The quantitative estimate of drug-likeness (QED) is 0.838. The molecule has 0 spiro atoms. The fraction of sp³-hybridized carbons (Fsp3) is 0.364. The van der Waals surface area contributed by atoms with Crippen LogP contribution in [0.4, 0.5) is 8.78 Å². The Morgan fingerprint density at radius 3 is 2.11 bits per heavy atom. The maximum atomic E-state index is 13.9. The van der Waals surface area contributed by atoms with Gasteiger partial charge in [-0.25, -0.2) is 8.78 Å². The predicted molar refractivity (Wildman–Crippen MR) is 58.6 cm³/mol. The number of ether oxygens (including phenoxy) is 2. The van der Waals surface area contributed by atoms with Crippen LogP contribution in [0.5, 0.6) is 11.5 Å². The highest BCUT2D eigenvalue weighted by Crippen LogP contribution is 2.34. The summed E-state index contributed by atoms with van der Waals surface area (Å²) >= 11 is 0. The van der Waals surface area contributed by atoms with Gasteiger partial charge in [-0.3, -0.25) is 4.79 Å². The van der Waals surface area contributed by atoms with Crippen LogP contribution in [0.15, 0.2) is 6.07 Å². The van der Waals surface area contributed by atoms with Crippen molar-refractivity contribution in [2.45, 2.75) is 12.5 Å². The van der Waals surface area contributed by atoms with Crippen molar-refractivity contribution < 1.29 is 28.2 Å². The fourth-order valence-corrected chi connectivity index (χ4v) is 1.52. The minimum Gasteiger partial charge on any atom is -0.494 e. The molecule has 0 bridgehead atoms. The Labute approximate surface area is 102 Å². The molecule has 7 heteroatoms. The Bertz CT molecular complexity index is 437. The zero-order chi connectivity index (χ0) is 13.9. The Balaban J connectivity index is 3.35. The standard InChI is InChI=1S/C11H13F2NO4/c1-17-6-4-7(18-2)11(13)9(10(6)12)5(14)3-8(15)16/h4-5H,3,14H2,1-2H3,(H,15,16). The van der Waals surface area contributed by atoms with Gasteiger partial charge in [0, 0.05) is 17.7 Å². The Hall–Kier alpha value is -1.89. The van der Waals surface area contributed by atoms with Gasteiger partial charge in [0.15, 0.2) is 23.1 Å². The normalized spacial score (nSPS) is 12.1. The summed E-state index contributed by atoms with van der Waals surface area (Å²) in [4.78, 5) is 10.5. The van der Waals surface area contributed by atoms with E-state index in [1.165, 1.54) is 14.2 Å². The summed E-state index contributed by atoms with van der Waals surface area (Å²) in [5.41, 5.74) is 4.91. The molecule has 5 nitrogen and oxygen atoms in total. The smallest absolute Gasteiger partial charge is 0.305 e. The van der Waals surface area contributed by atoms with Crippen molar-refractivity contribution in [3.05, 3.63) is 23.3 Å². The lowest BCUT2D eigenvalue weighted by Gasteiger charge is -2.16. The minimum atomic E-state index is -1.33. The second kappa shape index (κ2) is 5.63. The lowest BCUT2D eigenvalue weighted by Crippen LogP contribution is -2.19. The summed E-state index contributed by atoms with van der Waals surface area (Å²) in [5.74, 6) is -3.83. The van der Waals surface area contributed by atoms with E-state index in [0.29, 0.717) is 0 Å². The highest BCUT2D eigenvalue weighted by molar-refractivity contribution is 5.68. The van der Waals surface area contributed by atoms with Crippen molar-refractivity contribution in [2.75, 3.05) is 14.2 Å². The second-order valence-electron chi connectivity index (χ2n) is 3.53. The number of benzene rings is 1. The molecule has 1 atom stereocenters. The van der Waals surface area contributed by atoms with Crippen LogP contribution in [-0.2, 0) is 4.79 Å². The van der Waals surface area contributed by atoms with Crippen LogP contribution in [0.2, 0.25) is 0 Å². The van der Waals surface area contributed by atoms with Crippen molar-refractivity contribution >= 4 is 5.97 Å². The molecule has 0 radical (unpaired) electrons. The molecule has 0 aromatic heterocycles. The first kappa shape index (κ1) is 14.2. The van der Waals surface area contributed by atoms with Gasteiger partial charge < -0.3 is 20.3 Å². The monoisotopic (exact) mass is 261 g/mol. The van der Waals surface area contributed by atoms with Gasteiger partial charge in [-0.1, -0.05) is 0 Å². The second-order valence-corrected chi connectivity index (χ2v) is 3.53. The van der Waals surface area contributed by atoms with E-state index in [9.17, 15) is 13.6 Å². The minimum absolute atomic E-state index is 0.260. The molecule has 1 unspecified atom stereocenters. The van der Waals surface area contributed by atoms with E-state index in [-0.39, 0.29) is 11.5 Å². The SMILES string of the molecule is COc1cc(OC)c(F)c(C(N)CC(=O)O)c1F. The molecule has 1 aromatic carbocycles. The lowest BCUT2D eigenvalue weighted by molar-refractivity contribution is -0.137. The van der Waals surface area contributed by atoms with Gasteiger partial charge in [-0.2, -0.15) is 0 Å². The van der Waals surface area contributed by atoms with Crippen LogP contribution in [0.25, 0.3) is 0 Å². The fourth-order valence-electron chi connectivity index (χ4n) is 1.52. The van der Waals surface area contributed by atoms with E-state index in [2.05, 4.69) is 0 Å². The maximum Gasteiger partial charge on any atom is 0.305 e. The zero-order valence-electron chi connectivity index (χ0n) is 9.87. The number of halogens is 2. The van der Waals surface area contributed by atoms with Crippen molar-refractivity contribution in [2.24, 2.45) is 5.73 Å². The first-order chi connectivity index (χ1) is 8.42. The molecule has 1 rings (SSSR count). The largest absolute Gasteiger partial charge is 0.494 e. The Morgan fingerprint density at radius 1 is 1.33 bits per heavy atom. The number of carboxylic acid groups (broad SMARTS) is 1. The van der Waals surface area contributed by atoms with Crippen molar-refractivity contribution in [1.29, 1.82) is 0 Å². The van der Waals surface area contributed by atoms with Crippen molar-refractivity contribution in [1.82, 2.24) is 0 Å². The Morgan fingerprint density at radius 2 is 1.78 bits per heavy atom. The average Bonchev–Trinajstić information content (AvgIpc) is 2.28. The molecule has 100 valence electrons. The van der Waals surface area contributed by atoms with E-state index in [0.717, 1.165) is 6.07 Å². The molecule has 18 heavy (non-hydrogen) atoms. The summed E-state index contributed by atoms with van der Waals surface area (Å²) in [7, 11) is 2.39. The summed E-state index contributed by atoms with van der Waals surface area (Å²) in [5, 5.41) is 8.59. The molecule has 3 N–H and O–H groups in total. The van der Waals surface area contributed by atoms with Crippen LogP contribution in [0.1, 0.15) is 18.0 Å². The van der Waals surface area contributed by atoms with Gasteiger partial charge in [0.2, 0.25) is 0 Å². The predicted octanol–water partition coefficient (Wildman–Crippen LogP) is 1.46. The topological polar surface area (TPSA) is 81.8 Å².